The van der Waals surface area contributed by atoms with Gasteiger partial charge in [-0.15, -0.1) is 0 Å². The van der Waals surface area contributed by atoms with Gasteiger partial charge < -0.3 is 9.84 Å². The summed E-state index contributed by atoms with van der Waals surface area (Å²) in [6, 6.07) is 27.9. The lowest BCUT2D eigenvalue weighted by Gasteiger charge is -2.16. The summed E-state index contributed by atoms with van der Waals surface area (Å²) in [7, 11) is 0. The second-order valence-electron chi connectivity index (χ2n) is 6.73. The van der Waals surface area contributed by atoms with Crippen LogP contribution in [0.25, 0.3) is 12.2 Å². The number of carboxylic acid groups (broad SMARTS) is 1. The van der Waals surface area contributed by atoms with Crippen molar-refractivity contribution in [3.05, 3.63) is 119 Å². The molecular weight excluding hydrogens is 388 g/mol. The van der Waals surface area contributed by atoms with E-state index >= 15 is 0 Å². The van der Waals surface area contributed by atoms with E-state index in [2.05, 4.69) is 6.08 Å². The third-order valence-electron chi connectivity index (χ3n) is 4.38. The van der Waals surface area contributed by atoms with Gasteiger partial charge in [0.1, 0.15) is 6.10 Å². The second-order valence-corrected chi connectivity index (χ2v) is 6.73. The number of ether oxygens (including phenoxy) is 1. The van der Waals surface area contributed by atoms with Crippen LogP contribution in [0.1, 0.15) is 34.8 Å². The van der Waals surface area contributed by atoms with Crippen molar-refractivity contribution in [1.82, 2.24) is 0 Å². The smallest absolute Gasteiger partial charge is 0.331 e. The van der Waals surface area contributed by atoms with Gasteiger partial charge in [-0.2, -0.15) is 0 Å². The molecule has 4 heteroatoms. The molecule has 158 valence electrons. The summed E-state index contributed by atoms with van der Waals surface area (Å²) in [5, 5.41) is 6.89. The molecule has 0 aliphatic carbocycles. The highest BCUT2D eigenvalue weighted by molar-refractivity contribution is 5.87. The third kappa shape index (κ3) is 8.96. The van der Waals surface area contributed by atoms with Gasteiger partial charge in [0.15, 0.2) is 0 Å². The molecule has 0 saturated carbocycles. The zero-order chi connectivity index (χ0) is 22.3. The first-order chi connectivity index (χ1) is 15.1. The van der Waals surface area contributed by atoms with Crippen molar-refractivity contribution in [2.75, 3.05) is 0 Å². The fraction of sp³-hybridized carbons (Fsp3) is 0.111. The first kappa shape index (κ1) is 23.4. The Labute approximate surface area is 183 Å². The van der Waals surface area contributed by atoms with Crippen molar-refractivity contribution in [2.45, 2.75) is 19.4 Å². The van der Waals surface area contributed by atoms with E-state index in [1.807, 2.05) is 97.9 Å². The molecule has 31 heavy (non-hydrogen) atoms. The van der Waals surface area contributed by atoms with Gasteiger partial charge in [0, 0.05) is 12.5 Å². The number of carbonyl (C=O) groups excluding carboxylic acids is 1. The quantitative estimate of drug-likeness (QED) is 0.288. The molecule has 3 aromatic carbocycles. The van der Waals surface area contributed by atoms with E-state index in [0.717, 1.165) is 16.7 Å². The Morgan fingerprint density at radius 2 is 1.39 bits per heavy atom. The molecule has 0 bridgehead atoms. The zero-order valence-electron chi connectivity index (χ0n) is 17.4. The van der Waals surface area contributed by atoms with E-state index in [9.17, 15) is 4.79 Å². The molecule has 1 N–H and O–H groups in total. The molecule has 0 aliphatic rings. The van der Waals surface area contributed by atoms with Crippen molar-refractivity contribution in [1.29, 1.82) is 0 Å². The molecule has 0 radical (unpaired) electrons. The van der Waals surface area contributed by atoms with Crippen LogP contribution in [0.3, 0.4) is 0 Å². The summed E-state index contributed by atoms with van der Waals surface area (Å²) >= 11 is 0. The molecule has 3 aromatic rings. The third-order valence-corrected chi connectivity index (χ3v) is 4.38. The van der Waals surface area contributed by atoms with E-state index in [4.69, 9.17) is 14.6 Å². The van der Waals surface area contributed by atoms with E-state index in [-0.39, 0.29) is 18.5 Å². The van der Waals surface area contributed by atoms with Gasteiger partial charge in [0.2, 0.25) is 0 Å². The number of hydrogen-bond donors (Lipinski definition) is 1. The molecule has 0 spiro atoms. The summed E-state index contributed by atoms with van der Waals surface area (Å²) in [6.45, 7) is 1.79. The van der Waals surface area contributed by atoms with Crippen LogP contribution in [-0.2, 0) is 14.3 Å². The van der Waals surface area contributed by atoms with Crippen LogP contribution < -0.4 is 0 Å². The number of rotatable bonds is 7. The molecule has 1 unspecified atom stereocenters. The maximum absolute atomic E-state index is 12.4. The van der Waals surface area contributed by atoms with Crippen molar-refractivity contribution >= 4 is 24.6 Å². The lowest BCUT2D eigenvalue weighted by molar-refractivity contribution is -0.143. The fourth-order valence-electron chi connectivity index (χ4n) is 2.83. The predicted molar refractivity (Wildman–Crippen MR) is 124 cm³/mol. The highest BCUT2D eigenvalue weighted by atomic mass is 16.5. The van der Waals surface area contributed by atoms with Crippen LogP contribution in [-0.4, -0.2) is 17.5 Å². The number of benzene rings is 3. The van der Waals surface area contributed by atoms with Crippen LogP contribution in [0.5, 0.6) is 0 Å². The standard InChI is InChI=1S/C26H24O2.CH2O2/c1-21-15-18-24(19-16-21)25(14-8-13-22-9-4-2-5-10-22)28-26(27)20-17-23-11-6-3-7-12-23;2-1-3/h2-13,15-20,25H,14H2,1H3;1H,(H,2,3)/b13-8+,20-17+;. The Balaban J connectivity index is 0.00000107. The van der Waals surface area contributed by atoms with Gasteiger partial charge >= 0.3 is 5.97 Å². The minimum Gasteiger partial charge on any atom is -0.483 e. The van der Waals surface area contributed by atoms with Crippen LogP contribution in [0.4, 0.5) is 0 Å². The molecule has 0 heterocycles. The molecule has 0 aliphatic heterocycles. The average Bonchev–Trinajstić information content (AvgIpc) is 2.79. The van der Waals surface area contributed by atoms with E-state index in [1.165, 1.54) is 11.6 Å². The van der Waals surface area contributed by atoms with Crippen molar-refractivity contribution in [2.24, 2.45) is 0 Å². The SMILES string of the molecule is Cc1ccc(C(C/C=C/c2ccccc2)OC(=O)/C=C/c2ccccc2)cc1.O=CO. The number of aryl methyl sites for hydroxylation is 1. The first-order valence-electron chi connectivity index (χ1n) is 9.92. The summed E-state index contributed by atoms with van der Waals surface area (Å²) in [5.41, 5.74) is 4.26. The summed E-state index contributed by atoms with van der Waals surface area (Å²) < 4.78 is 5.76. The number of esters is 1. The summed E-state index contributed by atoms with van der Waals surface area (Å²) in [5.74, 6) is -0.345. The first-order valence-corrected chi connectivity index (χ1v) is 9.92. The molecule has 0 aromatic heterocycles. The monoisotopic (exact) mass is 414 g/mol. The predicted octanol–water partition coefficient (Wildman–Crippen LogP) is 6.10. The molecule has 0 saturated heterocycles. The lowest BCUT2D eigenvalue weighted by Crippen LogP contribution is -2.09. The highest BCUT2D eigenvalue weighted by Gasteiger charge is 2.14. The Morgan fingerprint density at radius 3 is 1.94 bits per heavy atom. The largest absolute Gasteiger partial charge is 0.483 e. The Bertz CT molecular complexity index is 975. The van der Waals surface area contributed by atoms with Crippen molar-refractivity contribution in [3.8, 4) is 0 Å². The molecule has 0 fully saturated rings. The molecule has 1 atom stereocenters. The van der Waals surface area contributed by atoms with Crippen LogP contribution in [0.2, 0.25) is 0 Å². The van der Waals surface area contributed by atoms with E-state index in [1.54, 1.807) is 6.08 Å². The zero-order valence-corrected chi connectivity index (χ0v) is 17.4. The van der Waals surface area contributed by atoms with E-state index < -0.39 is 0 Å². The van der Waals surface area contributed by atoms with Crippen LogP contribution >= 0.6 is 0 Å². The molecular formula is C27H26O4. The van der Waals surface area contributed by atoms with Gasteiger partial charge in [0.25, 0.3) is 6.47 Å². The Morgan fingerprint density at radius 1 is 0.871 bits per heavy atom. The van der Waals surface area contributed by atoms with Gasteiger partial charge in [-0.1, -0.05) is 103 Å². The van der Waals surface area contributed by atoms with Crippen LogP contribution in [0.15, 0.2) is 97.1 Å². The number of carbonyl (C=O) groups is 2. The van der Waals surface area contributed by atoms with Crippen LogP contribution in [0, 0.1) is 6.92 Å². The Kier molecular flexibility index (Phi) is 10.0. The van der Waals surface area contributed by atoms with Gasteiger partial charge in [-0.3, -0.25) is 4.79 Å². The van der Waals surface area contributed by atoms with Crippen molar-refractivity contribution < 1.29 is 19.4 Å². The molecule has 0 amide bonds. The fourth-order valence-corrected chi connectivity index (χ4v) is 2.83. The highest BCUT2D eigenvalue weighted by Crippen LogP contribution is 2.23. The lowest BCUT2D eigenvalue weighted by atomic mass is 10.0. The summed E-state index contributed by atoms with van der Waals surface area (Å²) in [4.78, 5) is 20.7. The second kappa shape index (κ2) is 13.3. The Hall–Kier alpha value is -3.92. The summed E-state index contributed by atoms with van der Waals surface area (Å²) in [6.07, 6.45) is 7.64. The molecule has 3 rings (SSSR count). The van der Waals surface area contributed by atoms with E-state index in [0.29, 0.717) is 6.42 Å². The molecule has 4 nitrogen and oxygen atoms in total. The average molecular weight is 415 g/mol. The topological polar surface area (TPSA) is 63.6 Å². The van der Waals surface area contributed by atoms with Gasteiger partial charge in [-0.25, -0.2) is 4.79 Å². The van der Waals surface area contributed by atoms with Gasteiger partial charge in [-0.05, 0) is 29.7 Å². The maximum Gasteiger partial charge on any atom is 0.331 e. The maximum atomic E-state index is 12.4. The van der Waals surface area contributed by atoms with Crippen molar-refractivity contribution in [3.63, 3.8) is 0 Å². The number of hydrogen-bond acceptors (Lipinski definition) is 3. The minimum absolute atomic E-state index is 0.250. The minimum atomic E-state index is -0.345. The normalized spacial score (nSPS) is 11.5. The van der Waals surface area contributed by atoms with Gasteiger partial charge in [0.05, 0.1) is 0 Å².